The molecule has 11 heteroatoms. The Kier molecular flexibility index (Phi) is 6.92. The molecule has 0 radical (unpaired) electrons. The third-order valence-electron chi connectivity index (χ3n) is 3.35. The molecule has 1 heterocycles. The van der Waals surface area contributed by atoms with Crippen LogP contribution in [-0.2, 0) is 28.4 Å². The Morgan fingerprint density at radius 3 is 2.26 bits per heavy atom. The van der Waals surface area contributed by atoms with E-state index in [-0.39, 0.29) is 18.8 Å². The lowest BCUT2D eigenvalue weighted by atomic mass is 10.2. The summed E-state index contributed by atoms with van der Waals surface area (Å²) in [4.78, 5) is 59.0. The first-order chi connectivity index (χ1) is 12.3. The van der Waals surface area contributed by atoms with E-state index < -0.39 is 46.9 Å². The Balaban J connectivity index is 2.61. The van der Waals surface area contributed by atoms with Crippen LogP contribution >= 0.6 is 0 Å². The Hall–Kier alpha value is -3.11. The quantitative estimate of drug-likeness (QED) is 0.483. The van der Waals surface area contributed by atoms with Crippen LogP contribution in [-0.4, -0.2) is 45.7 Å². The van der Waals surface area contributed by atoms with Crippen LogP contribution in [0.3, 0.4) is 0 Å². The number of esters is 1. The zero-order valence-corrected chi connectivity index (χ0v) is 16.0. The zero-order chi connectivity index (χ0) is 20.9. The van der Waals surface area contributed by atoms with Crippen LogP contribution in [0.1, 0.15) is 37.6 Å². The van der Waals surface area contributed by atoms with E-state index in [1.165, 1.54) is 14.1 Å². The van der Waals surface area contributed by atoms with Gasteiger partial charge in [-0.2, -0.15) is 0 Å². The molecule has 27 heavy (non-hydrogen) atoms. The lowest BCUT2D eigenvalue weighted by Crippen LogP contribution is -2.42. The van der Waals surface area contributed by atoms with E-state index in [0.717, 1.165) is 9.13 Å². The van der Waals surface area contributed by atoms with Gasteiger partial charge in [-0.15, -0.1) is 0 Å². The van der Waals surface area contributed by atoms with Crippen molar-refractivity contribution in [3.05, 3.63) is 26.4 Å². The van der Waals surface area contributed by atoms with E-state index in [1.54, 1.807) is 20.8 Å². The van der Waals surface area contributed by atoms with Gasteiger partial charge in [-0.05, 0) is 20.8 Å². The summed E-state index contributed by atoms with van der Waals surface area (Å²) in [5, 5.41) is 2.37. The minimum atomic E-state index is -0.872. The highest BCUT2D eigenvalue weighted by molar-refractivity contribution is 6.01. The molecule has 150 valence electrons. The minimum Gasteiger partial charge on any atom is -0.457 e. The van der Waals surface area contributed by atoms with E-state index in [9.17, 15) is 24.0 Å². The Bertz CT molecular complexity index is 861. The fourth-order valence-corrected chi connectivity index (χ4v) is 1.99. The number of ketones is 1. The largest absolute Gasteiger partial charge is 0.457 e. The summed E-state index contributed by atoms with van der Waals surface area (Å²) >= 11 is 0. The molecule has 0 fully saturated rings. The van der Waals surface area contributed by atoms with Crippen molar-refractivity contribution in [2.45, 2.75) is 32.8 Å². The van der Waals surface area contributed by atoms with Gasteiger partial charge in [-0.1, -0.05) is 0 Å². The molecular formula is C16H24N4O7. The summed E-state index contributed by atoms with van der Waals surface area (Å²) < 4.78 is 11.5. The van der Waals surface area contributed by atoms with Gasteiger partial charge >= 0.3 is 17.8 Å². The van der Waals surface area contributed by atoms with E-state index in [1.807, 2.05) is 0 Å². The Morgan fingerprint density at radius 2 is 1.70 bits per heavy atom. The number of carbonyl (C=O) groups is 3. The molecule has 1 aromatic rings. The van der Waals surface area contributed by atoms with Gasteiger partial charge in [0.05, 0.1) is 6.42 Å². The zero-order valence-electron chi connectivity index (χ0n) is 16.0. The molecule has 0 unspecified atom stereocenters. The van der Waals surface area contributed by atoms with E-state index in [4.69, 9.17) is 15.2 Å². The second kappa shape index (κ2) is 8.52. The number of hydrogen-bond acceptors (Lipinski definition) is 8. The summed E-state index contributed by atoms with van der Waals surface area (Å²) in [6.45, 7) is 4.32. The van der Waals surface area contributed by atoms with Gasteiger partial charge in [-0.3, -0.25) is 23.5 Å². The van der Waals surface area contributed by atoms with Crippen LogP contribution in [0.4, 0.5) is 10.6 Å². The molecule has 3 N–H and O–H groups in total. The number of aromatic nitrogens is 2. The standard InChI is InChI=1S/C16H24N4O7/c1-16(2,3)27-14(24)18-7-6-10(22)26-8-9(21)11-12(17)19(4)15(25)20(5)13(11)23/h6-8,17H2,1-5H3,(H,18,24). The van der Waals surface area contributed by atoms with E-state index in [0.29, 0.717) is 0 Å². The first-order valence-corrected chi connectivity index (χ1v) is 8.06. The van der Waals surface area contributed by atoms with Crippen molar-refractivity contribution in [1.29, 1.82) is 0 Å². The van der Waals surface area contributed by atoms with E-state index >= 15 is 0 Å². The highest BCUT2D eigenvalue weighted by atomic mass is 16.6. The van der Waals surface area contributed by atoms with Crippen molar-refractivity contribution in [2.75, 3.05) is 18.9 Å². The number of nitrogens with one attached hydrogen (secondary N) is 1. The fourth-order valence-electron chi connectivity index (χ4n) is 1.99. The first-order valence-electron chi connectivity index (χ1n) is 8.06. The van der Waals surface area contributed by atoms with Gasteiger partial charge in [0, 0.05) is 20.6 Å². The second-order valence-electron chi connectivity index (χ2n) is 6.73. The summed E-state index contributed by atoms with van der Waals surface area (Å²) in [6, 6.07) is 0. The molecule has 0 spiro atoms. The number of alkyl carbamates (subject to hydrolysis) is 1. The number of amides is 1. The van der Waals surface area contributed by atoms with Crippen LogP contribution < -0.4 is 22.3 Å². The normalized spacial score (nSPS) is 11.0. The molecule has 1 aromatic heterocycles. The molecule has 1 rings (SSSR count). The topological polar surface area (TPSA) is 152 Å². The number of anilines is 1. The lowest BCUT2D eigenvalue weighted by molar-refractivity contribution is -0.142. The maximum Gasteiger partial charge on any atom is 0.407 e. The van der Waals surface area contributed by atoms with Gasteiger partial charge in [0.1, 0.15) is 17.0 Å². The van der Waals surface area contributed by atoms with Crippen LogP contribution in [0.2, 0.25) is 0 Å². The van der Waals surface area contributed by atoms with Crippen molar-refractivity contribution >= 4 is 23.7 Å². The number of hydrogen-bond donors (Lipinski definition) is 2. The monoisotopic (exact) mass is 384 g/mol. The van der Waals surface area contributed by atoms with Crippen molar-refractivity contribution in [3.63, 3.8) is 0 Å². The third-order valence-corrected chi connectivity index (χ3v) is 3.35. The van der Waals surface area contributed by atoms with Crippen LogP contribution in [0.15, 0.2) is 9.59 Å². The van der Waals surface area contributed by atoms with Gasteiger partial charge in [0.15, 0.2) is 6.61 Å². The number of ether oxygens (including phenoxy) is 2. The fraction of sp³-hybridized carbons (Fsp3) is 0.562. The molecule has 0 aliphatic carbocycles. The molecule has 0 atom stereocenters. The van der Waals surface area contributed by atoms with Gasteiger partial charge in [0.25, 0.3) is 5.56 Å². The van der Waals surface area contributed by atoms with Gasteiger partial charge in [0.2, 0.25) is 5.78 Å². The maximum absolute atomic E-state index is 12.2. The molecular weight excluding hydrogens is 360 g/mol. The maximum atomic E-state index is 12.2. The van der Waals surface area contributed by atoms with E-state index in [2.05, 4.69) is 5.32 Å². The number of nitrogens with two attached hydrogens (primary N) is 1. The Morgan fingerprint density at radius 1 is 1.11 bits per heavy atom. The molecule has 0 saturated heterocycles. The summed E-state index contributed by atoms with van der Waals surface area (Å²) in [7, 11) is 2.51. The highest BCUT2D eigenvalue weighted by Gasteiger charge is 2.21. The first kappa shape index (κ1) is 21.9. The second-order valence-corrected chi connectivity index (χ2v) is 6.73. The number of Topliss-reactive ketones (excluding diaryl/α,β-unsaturated/α-hetero) is 1. The molecule has 0 saturated carbocycles. The highest BCUT2D eigenvalue weighted by Crippen LogP contribution is 2.06. The minimum absolute atomic E-state index is 0.0499. The average molecular weight is 384 g/mol. The predicted molar refractivity (Wildman–Crippen MR) is 95.5 cm³/mol. The smallest absolute Gasteiger partial charge is 0.407 e. The number of carbonyl (C=O) groups excluding carboxylic acids is 3. The van der Waals surface area contributed by atoms with Crippen LogP contribution in [0.5, 0.6) is 0 Å². The number of nitrogens with zero attached hydrogens (tertiary/aromatic N) is 2. The summed E-state index contributed by atoms with van der Waals surface area (Å²) in [6.07, 6.45) is -0.888. The summed E-state index contributed by atoms with van der Waals surface area (Å²) in [5.74, 6) is -1.91. The lowest BCUT2D eigenvalue weighted by Gasteiger charge is -2.19. The molecule has 0 aliphatic rings. The number of nitrogen functional groups attached to an aromatic ring is 1. The van der Waals surface area contributed by atoms with Crippen molar-refractivity contribution in [1.82, 2.24) is 14.5 Å². The molecule has 0 bridgehead atoms. The van der Waals surface area contributed by atoms with Crippen LogP contribution in [0.25, 0.3) is 0 Å². The number of rotatable bonds is 6. The molecule has 11 nitrogen and oxygen atoms in total. The molecule has 0 aromatic carbocycles. The molecule has 0 aliphatic heterocycles. The van der Waals surface area contributed by atoms with Crippen LogP contribution in [0, 0.1) is 0 Å². The van der Waals surface area contributed by atoms with Gasteiger partial charge < -0.3 is 20.5 Å². The molecule has 1 amide bonds. The van der Waals surface area contributed by atoms with Crippen molar-refractivity contribution < 1.29 is 23.9 Å². The van der Waals surface area contributed by atoms with Gasteiger partial charge in [-0.25, -0.2) is 9.59 Å². The SMILES string of the molecule is Cn1c(N)c(C(=O)COC(=O)CCNC(=O)OC(C)(C)C)c(=O)n(C)c1=O. The average Bonchev–Trinajstić information content (AvgIpc) is 2.55. The van der Waals surface area contributed by atoms with Crippen molar-refractivity contribution in [3.8, 4) is 0 Å². The summed E-state index contributed by atoms with van der Waals surface area (Å²) in [5.41, 5.74) is 3.00. The third kappa shape index (κ3) is 5.97. The Labute approximate surface area is 155 Å². The van der Waals surface area contributed by atoms with Crippen molar-refractivity contribution in [2.24, 2.45) is 14.1 Å². The predicted octanol–water partition coefficient (Wildman–Crippen LogP) is -0.693.